The van der Waals surface area contributed by atoms with Gasteiger partial charge < -0.3 is 10.5 Å². The predicted molar refractivity (Wildman–Crippen MR) is 82.5 cm³/mol. The van der Waals surface area contributed by atoms with Gasteiger partial charge in [-0.25, -0.2) is 8.42 Å². The molecule has 2 N–H and O–H groups in total. The van der Waals surface area contributed by atoms with Crippen LogP contribution in [0.4, 0.5) is 5.69 Å². The monoisotopic (exact) mass is 306 g/mol. The van der Waals surface area contributed by atoms with Crippen LogP contribution in [-0.4, -0.2) is 38.5 Å². The highest BCUT2D eigenvalue weighted by molar-refractivity contribution is 7.89. The molecule has 0 radical (unpaired) electrons. The molecule has 0 amide bonds. The largest absolute Gasteiger partial charge is 0.399 e. The van der Waals surface area contributed by atoms with E-state index in [4.69, 9.17) is 10.5 Å². The number of hydrogen-bond donors (Lipinski definition) is 1. The van der Waals surface area contributed by atoms with Crippen molar-refractivity contribution in [2.45, 2.75) is 17.9 Å². The van der Waals surface area contributed by atoms with Gasteiger partial charge in [-0.15, -0.1) is 0 Å². The standard InChI is InChI=1S/C15H18N2O3S/c1-11-10-17(7-8-20-11)21(18,19)15-4-2-3-12-9-13(16)5-6-14(12)15/h2-6,9,11H,7-8,10,16H2,1H3. The summed E-state index contributed by atoms with van der Waals surface area (Å²) < 4.78 is 32.7. The van der Waals surface area contributed by atoms with Crippen molar-refractivity contribution in [3.8, 4) is 0 Å². The summed E-state index contributed by atoms with van der Waals surface area (Å²) in [5.41, 5.74) is 6.39. The molecule has 2 aromatic carbocycles. The van der Waals surface area contributed by atoms with Crippen molar-refractivity contribution in [3.63, 3.8) is 0 Å². The number of nitrogens with two attached hydrogens (primary N) is 1. The summed E-state index contributed by atoms with van der Waals surface area (Å²) >= 11 is 0. The molecule has 1 aliphatic heterocycles. The van der Waals surface area contributed by atoms with Crippen LogP contribution in [0.25, 0.3) is 10.8 Å². The minimum absolute atomic E-state index is 0.0841. The number of fused-ring (bicyclic) bond motifs is 1. The fraction of sp³-hybridized carbons (Fsp3) is 0.333. The summed E-state index contributed by atoms with van der Waals surface area (Å²) in [6.07, 6.45) is -0.0841. The molecule has 112 valence electrons. The first-order chi connectivity index (χ1) is 9.98. The van der Waals surface area contributed by atoms with Crippen LogP contribution in [0.1, 0.15) is 6.92 Å². The van der Waals surface area contributed by atoms with Gasteiger partial charge in [0.15, 0.2) is 0 Å². The highest BCUT2D eigenvalue weighted by Crippen LogP contribution is 2.28. The third-order valence-electron chi connectivity index (χ3n) is 3.69. The number of nitrogens with zero attached hydrogens (tertiary/aromatic N) is 1. The quantitative estimate of drug-likeness (QED) is 0.859. The first-order valence-electron chi connectivity index (χ1n) is 6.88. The average molecular weight is 306 g/mol. The van der Waals surface area contributed by atoms with Crippen LogP contribution < -0.4 is 5.73 Å². The van der Waals surface area contributed by atoms with E-state index in [1.807, 2.05) is 13.0 Å². The Balaban J connectivity index is 2.10. The van der Waals surface area contributed by atoms with E-state index in [0.717, 1.165) is 5.39 Å². The molecule has 21 heavy (non-hydrogen) atoms. The number of hydrogen-bond acceptors (Lipinski definition) is 4. The summed E-state index contributed by atoms with van der Waals surface area (Å²) in [6, 6.07) is 10.5. The maximum atomic E-state index is 12.9. The molecule has 5 nitrogen and oxygen atoms in total. The van der Waals surface area contributed by atoms with Crippen molar-refractivity contribution < 1.29 is 13.2 Å². The Morgan fingerprint density at radius 1 is 1.29 bits per heavy atom. The normalized spacial score (nSPS) is 20.7. The van der Waals surface area contributed by atoms with Crippen LogP contribution in [0.15, 0.2) is 41.3 Å². The number of rotatable bonds is 2. The third kappa shape index (κ3) is 2.62. The van der Waals surface area contributed by atoms with Crippen LogP contribution in [0.3, 0.4) is 0 Å². The van der Waals surface area contributed by atoms with E-state index >= 15 is 0 Å². The Labute approximate surface area is 124 Å². The molecule has 0 saturated carbocycles. The van der Waals surface area contributed by atoms with Crippen LogP contribution in [0, 0.1) is 0 Å². The molecule has 1 heterocycles. The Kier molecular flexibility index (Phi) is 3.61. The molecule has 0 aromatic heterocycles. The maximum absolute atomic E-state index is 12.9. The molecule has 1 atom stereocenters. The van der Waals surface area contributed by atoms with E-state index in [-0.39, 0.29) is 6.10 Å². The highest BCUT2D eigenvalue weighted by atomic mass is 32.2. The zero-order valence-electron chi connectivity index (χ0n) is 11.8. The number of sulfonamides is 1. The molecular weight excluding hydrogens is 288 g/mol. The van der Waals surface area contributed by atoms with Crippen molar-refractivity contribution in [1.29, 1.82) is 0 Å². The molecule has 2 aromatic rings. The van der Waals surface area contributed by atoms with Gasteiger partial charge in [0.25, 0.3) is 0 Å². The molecule has 1 aliphatic rings. The van der Waals surface area contributed by atoms with Crippen molar-refractivity contribution in [1.82, 2.24) is 4.31 Å². The molecule has 0 bridgehead atoms. The van der Waals surface area contributed by atoms with Crippen LogP contribution in [-0.2, 0) is 14.8 Å². The van der Waals surface area contributed by atoms with E-state index in [2.05, 4.69) is 0 Å². The van der Waals surface area contributed by atoms with E-state index in [1.54, 1.807) is 30.3 Å². The summed E-state index contributed by atoms with van der Waals surface area (Å²) in [6.45, 7) is 3.08. The van der Waals surface area contributed by atoms with Gasteiger partial charge >= 0.3 is 0 Å². The SMILES string of the molecule is CC1CN(S(=O)(=O)c2cccc3cc(N)ccc23)CCO1. The lowest BCUT2D eigenvalue weighted by Gasteiger charge is -2.30. The minimum Gasteiger partial charge on any atom is -0.399 e. The number of anilines is 1. The van der Waals surface area contributed by atoms with Crippen molar-refractivity contribution in [2.24, 2.45) is 0 Å². The lowest BCUT2D eigenvalue weighted by atomic mass is 10.1. The lowest BCUT2D eigenvalue weighted by Crippen LogP contribution is -2.44. The number of benzene rings is 2. The Bertz CT molecular complexity index is 774. The Morgan fingerprint density at radius 3 is 2.86 bits per heavy atom. The van der Waals surface area contributed by atoms with Gasteiger partial charge in [-0.1, -0.05) is 18.2 Å². The molecule has 3 rings (SSSR count). The Morgan fingerprint density at radius 2 is 2.10 bits per heavy atom. The number of nitrogen functional groups attached to an aromatic ring is 1. The molecule has 0 spiro atoms. The van der Waals surface area contributed by atoms with Gasteiger partial charge in [0.2, 0.25) is 10.0 Å². The molecule has 0 aliphatic carbocycles. The summed E-state index contributed by atoms with van der Waals surface area (Å²) in [5, 5.41) is 1.53. The van der Waals surface area contributed by atoms with Gasteiger partial charge in [-0.05, 0) is 30.5 Å². The molecule has 6 heteroatoms. The predicted octanol–water partition coefficient (Wildman–Crippen LogP) is 1.83. The summed E-state index contributed by atoms with van der Waals surface area (Å²) in [7, 11) is -3.52. The van der Waals surface area contributed by atoms with E-state index in [0.29, 0.717) is 35.7 Å². The van der Waals surface area contributed by atoms with Crippen LogP contribution >= 0.6 is 0 Å². The van der Waals surface area contributed by atoms with Gasteiger partial charge in [-0.2, -0.15) is 4.31 Å². The van der Waals surface area contributed by atoms with Crippen LogP contribution in [0.5, 0.6) is 0 Å². The summed E-state index contributed by atoms with van der Waals surface area (Å²) in [4.78, 5) is 0.328. The van der Waals surface area contributed by atoms with Crippen molar-refractivity contribution >= 4 is 26.5 Å². The maximum Gasteiger partial charge on any atom is 0.243 e. The lowest BCUT2D eigenvalue weighted by molar-refractivity contribution is 0.0102. The third-order valence-corrected chi connectivity index (χ3v) is 5.61. The second-order valence-electron chi connectivity index (χ2n) is 5.28. The minimum atomic E-state index is -3.52. The molecule has 1 fully saturated rings. The molecule has 1 saturated heterocycles. The average Bonchev–Trinajstić information content (AvgIpc) is 2.46. The second-order valence-corrected chi connectivity index (χ2v) is 7.19. The first kappa shape index (κ1) is 14.3. The van der Waals surface area contributed by atoms with Gasteiger partial charge in [0.1, 0.15) is 0 Å². The number of morpholine rings is 1. The topological polar surface area (TPSA) is 72.6 Å². The van der Waals surface area contributed by atoms with Gasteiger partial charge in [0, 0.05) is 24.2 Å². The number of ether oxygens (including phenoxy) is 1. The zero-order valence-corrected chi connectivity index (χ0v) is 12.6. The van der Waals surface area contributed by atoms with Crippen molar-refractivity contribution in [2.75, 3.05) is 25.4 Å². The van der Waals surface area contributed by atoms with E-state index in [9.17, 15) is 8.42 Å². The highest BCUT2D eigenvalue weighted by Gasteiger charge is 2.30. The van der Waals surface area contributed by atoms with E-state index in [1.165, 1.54) is 4.31 Å². The summed E-state index contributed by atoms with van der Waals surface area (Å²) in [5.74, 6) is 0. The zero-order chi connectivity index (χ0) is 15.0. The second kappa shape index (κ2) is 5.29. The van der Waals surface area contributed by atoms with Crippen LogP contribution in [0.2, 0.25) is 0 Å². The fourth-order valence-corrected chi connectivity index (χ4v) is 4.35. The smallest absolute Gasteiger partial charge is 0.243 e. The van der Waals surface area contributed by atoms with E-state index < -0.39 is 10.0 Å². The van der Waals surface area contributed by atoms with Gasteiger partial charge in [-0.3, -0.25) is 0 Å². The van der Waals surface area contributed by atoms with Crippen molar-refractivity contribution in [3.05, 3.63) is 36.4 Å². The molecular formula is C15H18N2O3S. The first-order valence-corrected chi connectivity index (χ1v) is 8.32. The van der Waals surface area contributed by atoms with Gasteiger partial charge in [0.05, 0.1) is 17.6 Å². The Hall–Kier alpha value is -1.63. The fourth-order valence-electron chi connectivity index (χ4n) is 2.64. The molecule has 1 unspecified atom stereocenters.